The van der Waals surface area contributed by atoms with E-state index in [9.17, 15) is 15.0 Å². The Balaban J connectivity index is 2.41. The number of carboxylic acid groups (broad SMARTS) is 1. The number of thiophene rings is 1. The van der Waals surface area contributed by atoms with E-state index in [1.165, 1.54) is 20.9 Å². The topological polar surface area (TPSA) is 57.5 Å². The van der Waals surface area contributed by atoms with Crippen LogP contribution in [0.4, 0.5) is 0 Å². The van der Waals surface area contributed by atoms with Crippen molar-refractivity contribution in [2.24, 2.45) is 5.41 Å². The smallest absolute Gasteiger partial charge is 0.335 e. The summed E-state index contributed by atoms with van der Waals surface area (Å²) >= 11 is 1.85. The maximum Gasteiger partial charge on any atom is 0.335 e. The second kappa shape index (κ2) is 9.01. The minimum Gasteiger partial charge on any atom is -0.478 e. The lowest BCUT2D eigenvalue weighted by Crippen LogP contribution is -2.26. The first-order valence-electron chi connectivity index (χ1n) is 10.6. The summed E-state index contributed by atoms with van der Waals surface area (Å²) in [6.07, 6.45) is 3.25. The fourth-order valence-electron chi connectivity index (χ4n) is 4.05. The zero-order valence-electron chi connectivity index (χ0n) is 18.9. The SMILES string of the molecule is CCC(CC)(c1ccc(C(=O)O)c(C)c1)c1cc(C)c(CCC(O)C(C)(C)C)s1. The molecule has 0 aliphatic rings. The van der Waals surface area contributed by atoms with E-state index in [2.05, 4.69) is 53.7 Å². The molecule has 0 saturated carbocycles. The van der Waals surface area contributed by atoms with Crippen LogP contribution >= 0.6 is 11.3 Å². The lowest BCUT2D eigenvalue weighted by molar-refractivity contribution is 0.0561. The highest BCUT2D eigenvalue weighted by atomic mass is 32.1. The molecular weight excluding hydrogens is 380 g/mol. The lowest BCUT2D eigenvalue weighted by Gasteiger charge is -2.32. The summed E-state index contributed by atoms with van der Waals surface area (Å²) in [5.74, 6) is -0.876. The molecule has 0 saturated heterocycles. The van der Waals surface area contributed by atoms with E-state index in [1.807, 2.05) is 24.3 Å². The second-order valence-electron chi connectivity index (χ2n) is 9.26. The van der Waals surface area contributed by atoms with Crippen molar-refractivity contribution >= 4 is 17.3 Å². The van der Waals surface area contributed by atoms with Gasteiger partial charge in [-0.1, -0.05) is 46.8 Å². The first-order valence-corrected chi connectivity index (χ1v) is 11.4. The van der Waals surface area contributed by atoms with Gasteiger partial charge in [0.1, 0.15) is 0 Å². The monoisotopic (exact) mass is 416 g/mol. The number of aromatic carboxylic acids is 1. The van der Waals surface area contributed by atoms with Gasteiger partial charge in [0.2, 0.25) is 0 Å². The Hall–Kier alpha value is -1.65. The molecule has 0 aliphatic carbocycles. The number of aliphatic hydroxyl groups excluding tert-OH is 1. The van der Waals surface area contributed by atoms with Gasteiger partial charge in [-0.15, -0.1) is 11.3 Å². The Morgan fingerprint density at radius 2 is 1.69 bits per heavy atom. The van der Waals surface area contributed by atoms with Crippen molar-refractivity contribution in [2.75, 3.05) is 0 Å². The summed E-state index contributed by atoms with van der Waals surface area (Å²) in [4.78, 5) is 14.1. The van der Waals surface area contributed by atoms with Crippen molar-refractivity contribution < 1.29 is 15.0 Å². The number of aliphatic hydroxyl groups is 1. The van der Waals surface area contributed by atoms with E-state index in [0.29, 0.717) is 5.56 Å². The average Bonchev–Trinajstić information content (AvgIpc) is 3.01. The number of hydrogen-bond acceptors (Lipinski definition) is 3. The van der Waals surface area contributed by atoms with Crippen molar-refractivity contribution in [2.45, 2.75) is 85.7 Å². The highest BCUT2D eigenvalue weighted by Crippen LogP contribution is 2.44. The van der Waals surface area contributed by atoms with Crippen molar-refractivity contribution in [1.82, 2.24) is 0 Å². The van der Waals surface area contributed by atoms with E-state index in [0.717, 1.165) is 31.2 Å². The number of rotatable bonds is 8. The van der Waals surface area contributed by atoms with Crippen molar-refractivity contribution in [3.8, 4) is 0 Å². The van der Waals surface area contributed by atoms with Gasteiger partial charge in [0.25, 0.3) is 0 Å². The zero-order valence-corrected chi connectivity index (χ0v) is 19.7. The number of hydrogen-bond donors (Lipinski definition) is 2. The first-order chi connectivity index (χ1) is 13.5. The molecule has 3 nitrogen and oxygen atoms in total. The van der Waals surface area contributed by atoms with Gasteiger partial charge in [0.05, 0.1) is 11.7 Å². The third kappa shape index (κ3) is 4.92. The minimum absolute atomic E-state index is 0.103. The molecule has 0 radical (unpaired) electrons. The summed E-state index contributed by atoms with van der Waals surface area (Å²) < 4.78 is 0. The number of benzene rings is 1. The predicted octanol–water partition coefficient (Wildman–Crippen LogP) is 6.51. The maximum absolute atomic E-state index is 11.4. The quantitative estimate of drug-likeness (QED) is 0.516. The Bertz CT molecular complexity index is 853. The largest absolute Gasteiger partial charge is 0.478 e. The minimum atomic E-state index is -0.876. The maximum atomic E-state index is 11.4. The summed E-state index contributed by atoms with van der Waals surface area (Å²) in [5.41, 5.74) is 3.44. The van der Waals surface area contributed by atoms with E-state index in [1.54, 1.807) is 6.07 Å². The van der Waals surface area contributed by atoms with Crippen LogP contribution in [0.1, 0.15) is 90.7 Å². The molecule has 1 aromatic carbocycles. The molecule has 2 aromatic rings. The molecule has 0 bridgehead atoms. The molecule has 1 unspecified atom stereocenters. The highest BCUT2D eigenvalue weighted by Gasteiger charge is 2.33. The first kappa shape index (κ1) is 23.6. The van der Waals surface area contributed by atoms with E-state index in [-0.39, 0.29) is 16.9 Å². The van der Waals surface area contributed by atoms with Gasteiger partial charge in [-0.3, -0.25) is 0 Å². The molecule has 4 heteroatoms. The molecule has 2 N–H and O–H groups in total. The van der Waals surface area contributed by atoms with Gasteiger partial charge >= 0.3 is 5.97 Å². The fourth-order valence-corrected chi connectivity index (χ4v) is 5.60. The van der Waals surface area contributed by atoms with Gasteiger partial charge in [-0.2, -0.15) is 0 Å². The van der Waals surface area contributed by atoms with Crippen molar-refractivity contribution in [3.05, 3.63) is 56.3 Å². The molecule has 0 spiro atoms. The van der Waals surface area contributed by atoms with Crippen LogP contribution in [0.3, 0.4) is 0 Å². The van der Waals surface area contributed by atoms with Gasteiger partial charge in [-0.25, -0.2) is 4.79 Å². The number of carbonyl (C=O) groups is 1. The highest BCUT2D eigenvalue weighted by molar-refractivity contribution is 7.12. The Labute approximate surface area is 179 Å². The van der Waals surface area contributed by atoms with Gasteiger partial charge in [0, 0.05) is 15.2 Å². The zero-order chi connectivity index (χ0) is 22.0. The molecule has 1 heterocycles. The summed E-state index contributed by atoms with van der Waals surface area (Å²) in [5, 5.41) is 19.8. The van der Waals surface area contributed by atoms with Gasteiger partial charge in [-0.05, 0) is 73.8 Å². The molecule has 1 aromatic heterocycles. The van der Waals surface area contributed by atoms with Crippen molar-refractivity contribution in [3.63, 3.8) is 0 Å². The molecule has 0 fully saturated rings. The Kier molecular flexibility index (Phi) is 7.34. The summed E-state index contributed by atoms with van der Waals surface area (Å²) in [6, 6.07) is 8.08. The van der Waals surface area contributed by atoms with Crippen LogP contribution < -0.4 is 0 Å². The van der Waals surface area contributed by atoms with Crippen LogP contribution in [0.15, 0.2) is 24.3 Å². The molecule has 1 atom stereocenters. The number of aryl methyl sites for hydroxylation is 3. The van der Waals surface area contributed by atoms with Crippen LogP contribution in [0, 0.1) is 19.3 Å². The van der Waals surface area contributed by atoms with Gasteiger partial charge in [0.15, 0.2) is 0 Å². The molecule has 160 valence electrons. The fraction of sp³-hybridized carbons (Fsp3) is 0.560. The average molecular weight is 417 g/mol. The standard InChI is InChI=1S/C25H36O3S/c1-8-25(9-2,18-10-11-19(23(27)28)16(3)14-18)22-15-17(4)20(29-22)12-13-21(26)24(5,6)7/h10-11,14-15,21,26H,8-9,12-13H2,1-7H3,(H,27,28). The van der Waals surface area contributed by atoms with Gasteiger partial charge < -0.3 is 10.2 Å². The van der Waals surface area contributed by atoms with Crippen LogP contribution in [0.5, 0.6) is 0 Å². The second-order valence-corrected chi connectivity index (χ2v) is 10.4. The molecule has 2 rings (SSSR count). The van der Waals surface area contributed by atoms with E-state index in [4.69, 9.17) is 0 Å². The summed E-state index contributed by atoms with van der Waals surface area (Å²) in [7, 11) is 0. The van der Waals surface area contributed by atoms with Crippen molar-refractivity contribution in [1.29, 1.82) is 0 Å². The van der Waals surface area contributed by atoms with Crippen LogP contribution in [0.25, 0.3) is 0 Å². The Morgan fingerprint density at radius 1 is 1.07 bits per heavy atom. The van der Waals surface area contributed by atoms with E-state index >= 15 is 0 Å². The lowest BCUT2D eigenvalue weighted by atomic mass is 9.74. The van der Waals surface area contributed by atoms with Crippen LogP contribution in [-0.2, 0) is 11.8 Å². The third-order valence-electron chi connectivity index (χ3n) is 6.35. The third-order valence-corrected chi connectivity index (χ3v) is 7.85. The van der Waals surface area contributed by atoms with Crippen LogP contribution in [-0.4, -0.2) is 22.3 Å². The predicted molar refractivity (Wildman–Crippen MR) is 122 cm³/mol. The summed E-state index contributed by atoms with van der Waals surface area (Å²) in [6.45, 7) is 14.7. The molecule has 0 amide bonds. The molecular formula is C25H36O3S. The Morgan fingerprint density at radius 3 is 2.17 bits per heavy atom. The molecule has 0 aliphatic heterocycles. The number of carboxylic acids is 1. The molecule has 29 heavy (non-hydrogen) atoms. The van der Waals surface area contributed by atoms with Crippen LogP contribution in [0.2, 0.25) is 0 Å². The van der Waals surface area contributed by atoms with E-state index < -0.39 is 5.97 Å². The normalized spacial score (nSPS) is 13.5.